The third-order valence-corrected chi connectivity index (χ3v) is 5.59. The zero-order chi connectivity index (χ0) is 19.1. The van der Waals surface area contributed by atoms with E-state index in [1.54, 1.807) is 25.3 Å². The molecule has 1 spiro atoms. The van der Waals surface area contributed by atoms with E-state index in [9.17, 15) is 4.79 Å². The molecule has 1 aromatic heterocycles. The number of amides is 1. The fraction of sp³-hybridized carbons (Fsp3) is 0.429. The number of nitrogens with zero attached hydrogens (tertiary/aromatic N) is 1. The predicted molar refractivity (Wildman–Crippen MR) is 103 cm³/mol. The monoisotopic (exact) mass is 367 g/mol. The zero-order valence-corrected chi connectivity index (χ0v) is 15.7. The molecule has 3 N–H and O–H groups in total. The van der Waals surface area contributed by atoms with Crippen molar-refractivity contribution in [1.29, 1.82) is 0 Å². The van der Waals surface area contributed by atoms with E-state index >= 15 is 0 Å². The second-order valence-corrected chi connectivity index (χ2v) is 7.78. The van der Waals surface area contributed by atoms with Crippen LogP contribution in [0.15, 0.2) is 36.5 Å². The molecule has 1 fully saturated rings. The summed E-state index contributed by atoms with van der Waals surface area (Å²) in [6, 6.07) is 9.61. The van der Waals surface area contributed by atoms with Gasteiger partial charge in [-0.2, -0.15) is 0 Å². The summed E-state index contributed by atoms with van der Waals surface area (Å²) in [7, 11) is 0. The largest absolute Gasteiger partial charge is 0.439 e. The van der Waals surface area contributed by atoms with Crippen LogP contribution in [0.2, 0.25) is 0 Å². The highest BCUT2D eigenvalue weighted by atomic mass is 16.5. The Morgan fingerprint density at radius 1 is 1.37 bits per heavy atom. The molecule has 1 atom stereocenters. The van der Waals surface area contributed by atoms with Crippen LogP contribution in [-0.2, 0) is 21.6 Å². The van der Waals surface area contributed by atoms with E-state index < -0.39 is 5.54 Å². The second kappa shape index (κ2) is 6.62. The lowest BCUT2D eigenvalue weighted by Gasteiger charge is -2.27. The average Bonchev–Trinajstić information content (AvgIpc) is 3.43. The van der Waals surface area contributed by atoms with Gasteiger partial charge in [0.15, 0.2) is 0 Å². The Balaban J connectivity index is 1.51. The molecule has 1 aliphatic heterocycles. The van der Waals surface area contributed by atoms with Crippen LogP contribution in [0.1, 0.15) is 44.2 Å². The molecule has 1 aliphatic carbocycles. The number of pyridine rings is 1. The fourth-order valence-corrected chi connectivity index (χ4v) is 3.42. The van der Waals surface area contributed by atoms with Gasteiger partial charge >= 0.3 is 0 Å². The van der Waals surface area contributed by atoms with Crippen molar-refractivity contribution in [2.45, 2.75) is 50.7 Å². The SMILES string of the molecule is CCC(C)(N)C(=O)Nc1ccc(Oc2cccc3c2C2(CC2)COC3)nc1. The molecule has 1 unspecified atom stereocenters. The van der Waals surface area contributed by atoms with Gasteiger partial charge in [-0.15, -0.1) is 0 Å². The van der Waals surface area contributed by atoms with Crippen LogP contribution < -0.4 is 15.8 Å². The first kappa shape index (κ1) is 17.9. The number of carbonyl (C=O) groups excluding carboxylic acids is 1. The lowest BCUT2D eigenvalue weighted by Crippen LogP contribution is -2.47. The standard InChI is InChI=1S/C21H25N3O3/c1-3-20(2,22)19(25)24-15-7-8-17(23-11-15)27-16-6-4-5-14-12-26-13-21(9-10-21)18(14)16/h4-8,11H,3,9-10,12-13,22H2,1-2H3,(H,24,25). The van der Waals surface area contributed by atoms with E-state index in [1.165, 1.54) is 11.1 Å². The molecule has 2 aliphatic rings. The summed E-state index contributed by atoms with van der Waals surface area (Å²) >= 11 is 0. The molecule has 0 bridgehead atoms. The Hall–Kier alpha value is -2.44. The number of aromatic nitrogens is 1. The van der Waals surface area contributed by atoms with Gasteiger partial charge in [0, 0.05) is 17.0 Å². The lowest BCUT2D eigenvalue weighted by atomic mass is 9.89. The highest BCUT2D eigenvalue weighted by Crippen LogP contribution is 2.55. The molecule has 4 rings (SSSR count). The van der Waals surface area contributed by atoms with Crippen LogP contribution in [0.5, 0.6) is 11.6 Å². The van der Waals surface area contributed by atoms with Gasteiger partial charge in [0.25, 0.3) is 0 Å². The molecule has 27 heavy (non-hydrogen) atoms. The highest BCUT2D eigenvalue weighted by Gasteiger charge is 2.49. The van der Waals surface area contributed by atoms with Crippen LogP contribution in [-0.4, -0.2) is 23.0 Å². The topological polar surface area (TPSA) is 86.5 Å². The normalized spacial score (nSPS) is 19.1. The maximum absolute atomic E-state index is 12.2. The summed E-state index contributed by atoms with van der Waals surface area (Å²) in [6.45, 7) is 4.98. The molecule has 1 aromatic carbocycles. The van der Waals surface area contributed by atoms with Crippen molar-refractivity contribution in [2.24, 2.45) is 5.73 Å². The van der Waals surface area contributed by atoms with Crippen molar-refractivity contribution in [3.8, 4) is 11.6 Å². The number of ether oxygens (including phenoxy) is 2. The number of nitrogens with one attached hydrogen (secondary N) is 1. The summed E-state index contributed by atoms with van der Waals surface area (Å²) < 4.78 is 11.8. The Labute approximate surface area is 159 Å². The van der Waals surface area contributed by atoms with Gasteiger partial charge in [0.05, 0.1) is 30.6 Å². The molecule has 2 aromatic rings. The summed E-state index contributed by atoms with van der Waals surface area (Å²) in [6.07, 6.45) is 4.41. The van der Waals surface area contributed by atoms with E-state index in [0.29, 0.717) is 24.6 Å². The first-order valence-corrected chi connectivity index (χ1v) is 9.38. The van der Waals surface area contributed by atoms with Crippen LogP contribution in [0, 0.1) is 0 Å². The molecular weight excluding hydrogens is 342 g/mol. The molecule has 6 heteroatoms. The number of hydrogen-bond acceptors (Lipinski definition) is 5. The van der Waals surface area contributed by atoms with Crippen LogP contribution in [0.3, 0.4) is 0 Å². The molecule has 142 valence electrons. The van der Waals surface area contributed by atoms with Crippen molar-refractivity contribution < 1.29 is 14.3 Å². The number of hydrogen-bond donors (Lipinski definition) is 2. The number of rotatable bonds is 5. The molecule has 6 nitrogen and oxygen atoms in total. The first-order valence-electron chi connectivity index (χ1n) is 9.38. The quantitative estimate of drug-likeness (QED) is 0.845. The van der Waals surface area contributed by atoms with Crippen LogP contribution in [0.25, 0.3) is 0 Å². The number of nitrogens with two attached hydrogens (primary N) is 1. The van der Waals surface area contributed by atoms with Crippen molar-refractivity contribution in [2.75, 3.05) is 11.9 Å². The minimum Gasteiger partial charge on any atom is -0.439 e. The third kappa shape index (κ3) is 3.42. The van der Waals surface area contributed by atoms with Crippen molar-refractivity contribution in [3.63, 3.8) is 0 Å². The van der Waals surface area contributed by atoms with Gasteiger partial charge < -0.3 is 20.5 Å². The highest BCUT2D eigenvalue weighted by molar-refractivity contribution is 5.97. The minimum atomic E-state index is -0.904. The average molecular weight is 367 g/mol. The molecule has 0 saturated heterocycles. The van der Waals surface area contributed by atoms with Gasteiger partial charge in [-0.3, -0.25) is 4.79 Å². The fourth-order valence-electron chi connectivity index (χ4n) is 3.42. The van der Waals surface area contributed by atoms with E-state index in [2.05, 4.69) is 16.4 Å². The molecule has 1 amide bonds. The summed E-state index contributed by atoms with van der Waals surface area (Å²) in [5.74, 6) is 1.11. The maximum atomic E-state index is 12.2. The second-order valence-electron chi connectivity index (χ2n) is 7.78. The van der Waals surface area contributed by atoms with Crippen molar-refractivity contribution in [1.82, 2.24) is 4.98 Å². The number of benzene rings is 1. The molecule has 0 radical (unpaired) electrons. The van der Waals surface area contributed by atoms with Gasteiger partial charge in [-0.1, -0.05) is 19.1 Å². The van der Waals surface area contributed by atoms with Gasteiger partial charge in [-0.05, 0) is 43.9 Å². The van der Waals surface area contributed by atoms with E-state index in [4.69, 9.17) is 15.2 Å². The Morgan fingerprint density at radius 2 is 2.19 bits per heavy atom. The van der Waals surface area contributed by atoms with Gasteiger partial charge in [0.1, 0.15) is 5.75 Å². The van der Waals surface area contributed by atoms with E-state index in [0.717, 1.165) is 25.2 Å². The van der Waals surface area contributed by atoms with Crippen molar-refractivity contribution >= 4 is 11.6 Å². The summed E-state index contributed by atoms with van der Waals surface area (Å²) in [4.78, 5) is 16.5. The number of carbonyl (C=O) groups is 1. The van der Waals surface area contributed by atoms with Crippen molar-refractivity contribution in [3.05, 3.63) is 47.7 Å². The minimum absolute atomic E-state index is 0.115. The van der Waals surface area contributed by atoms with Gasteiger partial charge in [0.2, 0.25) is 11.8 Å². The molecular formula is C21H25N3O3. The maximum Gasteiger partial charge on any atom is 0.244 e. The predicted octanol–water partition coefficient (Wildman–Crippen LogP) is 3.50. The number of anilines is 1. The van der Waals surface area contributed by atoms with Crippen LogP contribution >= 0.6 is 0 Å². The van der Waals surface area contributed by atoms with E-state index in [1.807, 2.05) is 19.1 Å². The van der Waals surface area contributed by atoms with E-state index in [-0.39, 0.29) is 11.3 Å². The first-order chi connectivity index (χ1) is 12.9. The lowest BCUT2D eigenvalue weighted by molar-refractivity contribution is -0.120. The Morgan fingerprint density at radius 3 is 2.85 bits per heavy atom. The summed E-state index contributed by atoms with van der Waals surface area (Å²) in [5, 5.41) is 2.80. The molecule has 2 heterocycles. The van der Waals surface area contributed by atoms with Gasteiger partial charge in [-0.25, -0.2) is 4.98 Å². The van der Waals surface area contributed by atoms with Crippen LogP contribution in [0.4, 0.5) is 5.69 Å². The Bertz CT molecular complexity index is 857. The third-order valence-electron chi connectivity index (χ3n) is 5.59. The molecule has 1 saturated carbocycles. The Kier molecular flexibility index (Phi) is 4.40. The zero-order valence-electron chi connectivity index (χ0n) is 15.7. The number of fused-ring (bicyclic) bond motifs is 2. The summed E-state index contributed by atoms with van der Waals surface area (Å²) in [5.41, 5.74) is 8.23. The smallest absolute Gasteiger partial charge is 0.244 e.